The molecule has 0 N–H and O–H groups in total. The van der Waals surface area contributed by atoms with Gasteiger partial charge in [0.15, 0.2) is 0 Å². The van der Waals surface area contributed by atoms with E-state index in [4.69, 9.17) is 0 Å². The Morgan fingerprint density at radius 3 is 2.38 bits per heavy atom. The monoisotopic (exact) mass is 345 g/mol. The first-order chi connectivity index (χ1) is 12.7. The van der Waals surface area contributed by atoms with Crippen LogP contribution >= 0.6 is 0 Å². The van der Waals surface area contributed by atoms with E-state index in [9.17, 15) is 0 Å². The van der Waals surface area contributed by atoms with Crippen molar-refractivity contribution in [2.75, 3.05) is 0 Å². The van der Waals surface area contributed by atoms with Gasteiger partial charge in [-0.05, 0) is 36.8 Å². The lowest BCUT2D eigenvalue weighted by Crippen LogP contribution is -2.29. The van der Waals surface area contributed by atoms with Crippen LogP contribution in [0, 0.1) is 0 Å². The molecule has 4 rings (SSSR count). The van der Waals surface area contributed by atoms with Gasteiger partial charge in [-0.2, -0.15) is 4.57 Å². The molecule has 134 valence electrons. The molecular formula is C24H29N2+. The number of benzene rings is 2. The quantitative estimate of drug-likeness (QED) is 0.532. The molecule has 1 saturated carbocycles. The van der Waals surface area contributed by atoms with Crippen LogP contribution in [0.2, 0.25) is 0 Å². The number of nitrogens with zero attached hydrogens (tertiary/aromatic N) is 2. The van der Waals surface area contributed by atoms with Gasteiger partial charge in [-0.3, -0.25) is 0 Å². The molecular weight excluding hydrogens is 316 g/mol. The summed E-state index contributed by atoms with van der Waals surface area (Å²) in [4.78, 5) is 0. The SMILES string of the molecule is CC(C)c1cccc(C2CCCC2)c1-n1cc[n+](C)c1-c1ccccc1. The van der Waals surface area contributed by atoms with E-state index in [0.29, 0.717) is 11.8 Å². The maximum absolute atomic E-state index is 2.43. The Labute approximate surface area is 157 Å². The van der Waals surface area contributed by atoms with E-state index in [1.165, 1.54) is 53.9 Å². The largest absolute Gasteiger partial charge is 0.293 e. The summed E-state index contributed by atoms with van der Waals surface area (Å²) >= 11 is 0. The Morgan fingerprint density at radius 1 is 0.962 bits per heavy atom. The highest BCUT2D eigenvalue weighted by atomic mass is 15.1. The summed E-state index contributed by atoms with van der Waals surface area (Å²) in [6.07, 6.45) is 9.78. The average molecular weight is 346 g/mol. The minimum atomic E-state index is 0.502. The van der Waals surface area contributed by atoms with E-state index in [1.807, 2.05) is 0 Å². The predicted molar refractivity (Wildman–Crippen MR) is 108 cm³/mol. The number of aryl methyl sites for hydroxylation is 1. The van der Waals surface area contributed by atoms with Crippen molar-refractivity contribution >= 4 is 0 Å². The molecule has 1 fully saturated rings. The maximum atomic E-state index is 2.43. The fraction of sp³-hybridized carbons (Fsp3) is 0.375. The fourth-order valence-corrected chi connectivity index (χ4v) is 4.48. The summed E-state index contributed by atoms with van der Waals surface area (Å²) in [6, 6.07) is 17.7. The van der Waals surface area contributed by atoms with Crippen LogP contribution in [0.3, 0.4) is 0 Å². The molecule has 0 spiro atoms. The second-order valence-corrected chi connectivity index (χ2v) is 7.89. The van der Waals surface area contributed by atoms with Crippen molar-refractivity contribution in [1.82, 2.24) is 4.57 Å². The van der Waals surface area contributed by atoms with Crippen LogP contribution in [0.4, 0.5) is 0 Å². The van der Waals surface area contributed by atoms with Gasteiger partial charge in [0.25, 0.3) is 5.82 Å². The summed E-state index contributed by atoms with van der Waals surface area (Å²) in [6.45, 7) is 4.62. The molecule has 3 aromatic rings. The lowest BCUT2D eigenvalue weighted by Gasteiger charge is -2.19. The summed E-state index contributed by atoms with van der Waals surface area (Å²) < 4.78 is 4.67. The normalized spacial score (nSPS) is 15.1. The zero-order valence-corrected chi connectivity index (χ0v) is 16.2. The minimum Gasteiger partial charge on any atom is -0.232 e. The van der Waals surface area contributed by atoms with Gasteiger partial charge in [-0.25, -0.2) is 4.57 Å². The number of hydrogen-bond acceptors (Lipinski definition) is 0. The van der Waals surface area contributed by atoms with Crippen molar-refractivity contribution in [2.24, 2.45) is 7.05 Å². The van der Waals surface area contributed by atoms with E-state index in [1.54, 1.807) is 0 Å². The number of rotatable bonds is 4. The van der Waals surface area contributed by atoms with Crippen LogP contribution in [-0.4, -0.2) is 4.57 Å². The van der Waals surface area contributed by atoms with Gasteiger partial charge in [-0.15, -0.1) is 0 Å². The van der Waals surface area contributed by atoms with Crippen LogP contribution in [0.1, 0.15) is 62.5 Å². The highest BCUT2D eigenvalue weighted by molar-refractivity contribution is 5.60. The predicted octanol–water partition coefficient (Wildman–Crippen LogP) is 5.75. The molecule has 1 aliphatic rings. The fourth-order valence-electron chi connectivity index (χ4n) is 4.48. The van der Waals surface area contributed by atoms with Gasteiger partial charge in [0.1, 0.15) is 18.1 Å². The van der Waals surface area contributed by atoms with Crippen LogP contribution < -0.4 is 4.57 Å². The Bertz CT molecular complexity index is 884. The third kappa shape index (κ3) is 2.98. The van der Waals surface area contributed by atoms with Gasteiger partial charge < -0.3 is 0 Å². The average Bonchev–Trinajstić information content (AvgIpc) is 3.31. The topological polar surface area (TPSA) is 8.81 Å². The third-order valence-corrected chi connectivity index (χ3v) is 5.79. The Kier molecular flexibility index (Phi) is 4.67. The highest BCUT2D eigenvalue weighted by Gasteiger charge is 2.28. The molecule has 0 amide bonds. The van der Waals surface area contributed by atoms with Crippen molar-refractivity contribution in [3.05, 3.63) is 72.1 Å². The standard InChI is InChI=1S/C24H29N2/c1-18(2)21-14-9-15-22(19-10-7-8-11-19)23(21)26-17-16-25(3)24(26)20-12-5-4-6-13-20/h4-6,9,12-19H,7-8,10-11H2,1-3H3/q+1. The number of para-hydroxylation sites is 1. The van der Waals surface area contributed by atoms with Crippen molar-refractivity contribution in [3.8, 4) is 17.1 Å². The van der Waals surface area contributed by atoms with Crippen LogP contribution in [0.15, 0.2) is 60.9 Å². The summed E-state index contributed by atoms with van der Waals surface area (Å²) in [7, 11) is 2.14. The van der Waals surface area contributed by atoms with Gasteiger partial charge in [-0.1, -0.05) is 63.1 Å². The van der Waals surface area contributed by atoms with Crippen LogP contribution in [-0.2, 0) is 7.05 Å². The van der Waals surface area contributed by atoms with Crippen molar-refractivity contribution in [3.63, 3.8) is 0 Å². The Morgan fingerprint density at radius 2 is 1.69 bits per heavy atom. The number of hydrogen-bond donors (Lipinski definition) is 0. The van der Waals surface area contributed by atoms with Gasteiger partial charge in [0, 0.05) is 11.1 Å². The Hall–Kier alpha value is -2.35. The highest BCUT2D eigenvalue weighted by Crippen LogP contribution is 2.40. The minimum absolute atomic E-state index is 0.502. The molecule has 0 radical (unpaired) electrons. The molecule has 0 bridgehead atoms. The summed E-state index contributed by atoms with van der Waals surface area (Å²) in [5, 5.41) is 0. The van der Waals surface area contributed by atoms with Gasteiger partial charge in [0.2, 0.25) is 0 Å². The molecule has 2 aromatic carbocycles. The van der Waals surface area contributed by atoms with E-state index >= 15 is 0 Å². The van der Waals surface area contributed by atoms with Crippen LogP contribution in [0.5, 0.6) is 0 Å². The number of aromatic nitrogens is 2. The molecule has 1 aliphatic carbocycles. The summed E-state index contributed by atoms with van der Waals surface area (Å²) in [5.41, 5.74) is 5.65. The molecule has 0 saturated heterocycles. The van der Waals surface area contributed by atoms with Crippen LogP contribution in [0.25, 0.3) is 17.1 Å². The maximum Gasteiger partial charge on any atom is 0.293 e. The van der Waals surface area contributed by atoms with E-state index in [0.717, 1.165) is 0 Å². The second kappa shape index (κ2) is 7.11. The first-order valence-corrected chi connectivity index (χ1v) is 9.92. The second-order valence-electron chi connectivity index (χ2n) is 7.89. The van der Waals surface area contributed by atoms with Crippen molar-refractivity contribution in [2.45, 2.75) is 51.4 Å². The van der Waals surface area contributed by atoms with Gasteiger partial charge in [0.05, 0.1) is 12.6 Å². The molecule has 1 aromatic heterocycles. The van der Waals surface area contributed by atoms with Crippen molar-refractivity contribution in [1.29, 1.82) is 0 Å². The molecule has 0 aliphatic heterocycles. The lowest BCUT2D eigenvalue weighted by atomic mass is 9.90. The molecule has 2 heteroatoms. The van der Waals surface area contributed by atoms with Crippen molar-refractivity contribution < 1.29 is 4.57 Å². The zero-order chi connectivity index (χ0) is 18.1. The first-order valence-electron chi connectivity index (χ1n) is 9.92. The molecule has 2 nitrogen and oxygen atoms in total. The Balaban J connectivity index is 1.96. The smallest absolute Gasteiger partial charge is 0.232 e. The number of imidazole rings is 1. The van der Waals surface area contributed by atoms with E-state index in [-0.39, 0.29) is 0 Å². The van der Waals surface area contributed by atoms with E-state index in [2.05, 4.69) is 91.0 Å². The first kappa shape index (κ1) is 17.1. The molecule has 1 heterocycles. The third-order valence-electron chi connectivity index (χ3n) is 5.79. The molecule has 0 atom stereocenters. The zero-order valence-electron chi connectivity index (χ0n) is 16.2. The molecule has 0 unspecified atom stereocenters. The molecule has 26 heavy (non-hydrogen) atoms. The van der Waals surface area contributed by atoms with E-state index < -0.39 is 0 Å². The van der Waals surface area contributed by atoms with Gasteiger partial charge >= 0.3 is 0 Å². The summed E-state index contributed by atoms with van der Waals surface area (Å²) in [5.74, 6) is 2.45. The lowest BCUT2D eigenvalue weighted by molar-refractivity contribution is -0.659.